The quantitative estimate of drug-likeness (QED) is 0.877. The minimum Gasteiger partial charge on any atom is -0.478 e. The average Bonchev–Trinajstić information content (AvgIpc) is 2.45. The van der Waals surface area contributed by atoms with Crippen LogP contribution in [0.4, 0.5) is 18.0 Å². The summed E-state index contributed by atoms with van der Waals surface area (Å²) in [7, 11) is 0. The Labute approximate surface area is 121 Å². The molecule has 0 radical (unpaired) electrons. The fourth-order valence-electron chi connectivity index (χ4n) is 2.03. The third kappa shape index (κ3) is 2.78. The summed E-state index contributed by atoms with van der Waals surface area (Å²) in [5, 5.41) is 18.2. The first-order valence-electron chi connectivity index (χ1n) is 5.88. The number of carboxylic acid groups (broad SMARTS) is 2. The van der Waals surface area contributed by atoms with Gasteiger partial charge < -0.3 is 10.2 Å². The number of aliphatic imine (C=N–C) groups is 1. The molecule has 0 aliphatic carbocycles. The van der Waals surface area contributed by atoms with Crippen molar-refractivity contribution in [2.45, 2.75) is 6.18 Å². The largest absolute Gasteiger partial charge is 0.478 e. The van der Waals surface area contributed by atoms with Crippen LogP contribution in [0.1, 0.15) is 11.1 Å². The third-order valence-electron chi connectivity index (χ3n) is 2.92. The maximum Gasteiger partial charge on any atom is 0.417 e. The van der Waals surface area contributed by atoms with Crippen molar-refractivity contribution in [3.05, 3.63) is 41.0 Å². The number of hydrogen-bond donors (Lipinski definition) is 2. The molecule has 0 bridgehead atoms. The van der Waals surface area contributed by atoms with Crippen LogP contribution >= 0.6 is 0 Å². The van der Waals surface area contributed by atoms with Gasteiger partial charge in [0, 0.05) is 11.8 Å². The molecule has 1 aromatic rings. The number of amides is 1. The summed E-state index contributed by atoms with van der Waals surface area (Å²) in [5.41, 5.74) is -2.82. The molecule has 0 saturated carbocycles. The number of halogens is 3. The number of benzene rings is 1. The molecule has 9 heteroatoms. The Kier molecular flexibility index (Phi) is 3.89. The fraction of sp³-hybridized carbons (Fsp3) is 0.154. The van der Waals surface area contributed by atoms with Gasteiger partial charge in [0.05, 0.1) is 11.3 Å². The number of hydrogen-bond acceptors (Lipinski definition) is 3. The molecule has 1 aromatic carbocycles. The molecule has 2 N–H and O–H groups in total. The van der Waals surface area contributed by atoms with Crippen LogP contribution in [0, 0.1) is 0 Å². The number of carbonyl (C=O) groups is 2. The smallest absolute Gasteiger partial charge is 0.417 e. The van der Waals surface area contributed by atoms with Gasteiger partial charge >= 0.3 is 18.2 Å². The molecule has 0 spiro atoms. The molecule has 0 atom stereocenters. The van der Waals surface area contributed by atoms with Gasteiger partial charge in [-0.05, 0) is 6.07 Å². The van der Waals surface area contributed by atoms with Gasteiger partial charge in [0.1, 0.15) is 12.2 Å². The fourth-order valence-corrected chi connectivity index (χ4v) is 2.03. The summed E-state index contributed by atoms with van der Waals surface area (Å²) in [5.74, 6) is -1.57. The van der Waals surface area contributed by atoms with Gasteiger partial charge in [-0.25, -0.2) is 9.59 Å². The highest BCUT2D eigenvalue weighted by Gasteiger charge is 2.37. The summed E-state index contributed by atoms with van der Waals surface area (Å²) in [6, 6.07) is 4.18. The first kappa shape index (κ1) is 15.5. The highest BCUT2D eigenvalue weighted by molar-refractivity contribution is 6.16. The lowest BCUT2D eigenvalue weighted by Gasteiger charge is -2.26. The van der Waals surface area contributed by atoms with Crippen LogP contribution in [-0.2, 0) is 11.0 Å². The molecule has 0 aromatic heterocycles. The molecule has 22 heavy (non-hydrogen) atoms. The Balaban J connectivity index is 2.77. The zero-order valence-electron chi connectivity index (χ0n) is 10.8. The number of nitrogens with zero attached hydrogens (tertiary/aromatic N) is 2. The summed E-state index contributed by atoms with van der Waals surface area (Å²) in [6.45, 7) is -0.479. The number of carboxylic acids is 1. The van der Waals surface area contributed by atoms with Gasteiger partial charge in [-0.1, -0.05) is 18.2 Å². The van der Waals surface area contributed by atoms with Crippen LogP contribution in [0.15, 0.2) is 34.8 Å². The Morgan fingerprint density at radius 2 is 1.82 bits per heavy atom. The van der Waals surface area contributed by atoms with E-state index in [2.05, 4.69) is 4.99 Å². The Bertz CT molecular complexity index is 695. The van der Waals surface area contributed by atoms with E-state index in [4.69, 9.17) is 10.2 Å². The van der Waals surface area contributed by atoms with E-state index in [-0.39, 0.29) is 0 Å². The number of alkyl halides is 3. The van der Waals surface area contributed by atoms with Crippen molar-refractivity contribution in [2.75, 3.05) is 6.67 Å². The summed E-state index contributed by atoms with van der Waals surface area (Å²) < 4.78 is 39.3. The second-order valence-electron chi connectivity index (χ2n) is 4.27. The third-order valence-corrected chi connectivity index (χ3v) is 2.92. The average molecular weight is 314 g/mol. The van der Waals surface area contributed by atoms with Crippen LogP contribution in [-0.4, -0.2) is 40.1 Å². The summed E-state index contributed by atoms with van der Waals surface area (Å²) >= 11 is 0. The monoisotopic (exact) mass is 314 g/mol. The summed E-state index contributed by atoms with van der Waals surface area (Å²) in [4.78, 5) is 26.4. The Morgan fingerprint density at radius 3 is 2.36 bits per heavy atom. The van der Waals surface area contributed by atoms with E-state index in [1.165, 1.54) is 6.07 Å². The van der Waals surface area contributed by atoms with Crippen molar-refractivity contribution in [3.8, 4) is 0 Å². The van der Waals surface area contributed by atoms with Crippen LogP contribution in [0.5, 0.6) is 0 Å². The first-order valence-corrected chi connectivity index (χ1v) is 5.88. The first-order chi connectivity index (χ1) is 10.2. The minimum atomic E-state index is -4.76. The molecular formula is C13H9F3N2O4. The van der Waals surface area contributed by atoms with Crippen molar-refractivity contribution in [1.82, 2.24) is 4.90 Å². The maximum absolute atomic E-state index is 13.1. The van der Waals surface area contributed by atoms with E-state index in [0.29, 0.717) is 4.90 Å². The van der Waals surface area contributed by atoms with E-state index in [1.807, 2.05) is 0 Å². The zero-order valence-corrected chi connectivity index (χ0v) is 10.8. The zero-order chi connectivity index (χ0) is 16.5. The standard InChI is InChI=1S/C13H9F3N2O4/c14-13(15,16)9-4-2-1-3-7(9)10-8(11(19)20)5-17-6-18(10)12(21)22/h1-5H,6H2,(H,19,20)(H,21,22). The molecule has 0 fully saturated rings. The summed E-state index contributed by atoms with van der Waals surface area (Å²) in [6.07, 6.45) is -5.50. The normalized spacial score (nSPS) is 15.1. The molecule has 0 saturated heterocycles. The molecule has 116 valence electrons. The van der Waals surface area contributed by atoms with Crippen molar-refractivity contribution in [1.29, 1.82) is 0 Å². The molecular weight excluding hydrogens is 305 g/mol. The highest BCUT2D eigenvalue weighted by Crippen LogP contribution is 2.37. The van der Waals surface area contributed by atoms with Crippen molar-refractivity contribution < 1.29 is 33.0 Å². The lowest BCUT2D eigenvalue weighted by atomic mass is 9.99. The number of rotatable bonds is 2. The highest BCUT2D eigenvalue weighted by atomic mass is 19.4. The lowest BCUT2D eigenvalue weighted by Crippen LogP contribution is -2.34. The van der Waals surface area contributed by atoms with Crippen LogP contribution < -0.4 is 0 Å². The van der Waals surface area contributed by atoms with E-state index >= 15 is 0 Å². The molecule has 1 amide bonds. The number of aliphatic carboxylic acids is 1. The van der Waals surface area contributed by atoms with E-state index < -0.39 is 47.3 Å². The molecule has 2 rings (SSSR count). The van der Waals surface area contributed by atoms with Gasteiger partial charge in [0.25, 0.3) is 0 Å². The Hall–Kier alpha value is -2.84. The minimum absolute atomic E-state index is 0.466. The predicted octanol–water partition coefficient (Wildman–Crippen LogP) is 2.52. The van der Waals surface area contributed by atoms with Gasteiger partial charge in [0.2, 0.25) is 0 Å². The molecule has 1 aliphatic heterocycles. The van der Waals surface area contributed by atoms with Gasteiger partial charge in [0.15, 0.2) is 0 Å². The van der Waals surface area contributed by atoms with Crippen LogP contribution in [0.25, 0.3) is 5.70 Å². The topological polar surface area (TPSA) is 90.2 Å². The van der Waals surface area contributed by atoms with Gasteiger partial charge in [-0.3, -0.25) is 9.89 Å². The molecule has 6 nitrogen and oxygen atoms in total. The SMILES string of the molecule is O=C(O)C1=C(c2ccccc2C(F)(F)F)N(C(=O)O)CN=C1. The van der Waals surface area contributed by atoms with Gasteiger partial charge in [-0.2, -0.15) is 13.2 Å². The van der Waals surface area contributed by atoms with Crippen molar-refractivity contribution in [2.24, 2.45) is 4.99 Å². The molecule has 1 heterocycles. The van der Waals surface area contributed by atoms with E-state index in [0.717, 1.165) is 24.4 Å². The second kappa shape index (κ2) is 5.51. The lowest BCUT2D eigenvalue weighted by molar-refractivity contribution is -0.138. The van der Waals surface area contributed by atoms with E-state index in [1.54, 1.807) is 0 Å². The predicted molar refractivity (Wildman–Crippen MR) is 69.2 cm³/mol. The molecule has 0 unspecified atom stereocenters. The Morgan fingerprint density at radius 1 is 1.18 bits per heavy atom. The maximum atomic E-state index is 13.1. The van der Waals surface area contributed by atoms with E-state index in [9.17, 15) is 22.8 Å². The van der Waals surface area contributed by atoms with Crippen LogP contribution in [0.3, 0.4) is 0 Å². The van der Waals surface area contributed by atoms with Crippen LogP contribution in [0.2, 0.25) is 0 Å². The molecule has 1 aliphatic rings. The second-order valence-corrected chi connectivity index (χ2v) is 4.27. The van der Waals surface area contributed by atoms with Crippen molar-refractivity contribution in [3.63, 3.8) is 0 Å². The van der Waals surface area contributed by atoms with Crippen molar-refractivity contribution >= 4 is 24.0 Å². The van der Waals surface area contributed by atoms with Gasteiger partial charge in [-0.15, -0.1) is 0 Å².